The maximum absolute atomic E-state index is 13.0. The van der Waals surface area contributed by atoms with E-state index in [0.29, 0.717) is 30.1 Å². The maximum atomic E-state index is 13.0. The molecule has 0 N–H and O–H groups in total. The zero-order valence-electron chi connectivity index (χ0n) is 14.9. The van der Waals surface area contributed by atoms with Gasteiger partial charge in [-0.15, -0.1) is 0 Å². The Bertz CT molecular complexity index is 870. The minimum absolute atomic E-state index is 0.0295. The number of rotatable bonds is 6. The Kier molecular flexibility index (Phi) is 5.46. The van der Waals surface area contributed by atoms with Gasteiger partial charge in [0.2, 0.25) is 0 Å². The normalized spacial score (nSPS) is 10.7. The molecule has 2 aromatic carbocycles. The third-order valence-electron chi connectivity index (χ3n) is 4.12. The lowest BCUT2D eigenvalue weighted by molar-refractivity contribution is 0.0739. The van der Waals surface area contributed by atoms with E-state index in [2.05, 4.69) is 5.16 Å². The molecular formula is C21H21FN2O2. The van der Waals surface area contributed by atoms with Gasteiger partial charge in [0.1, 0.15) is 11.5 Å². The molecule has 134 valence electrons. The van der Waals surface area contributed by atoms with E-state index in [1.807, 2.05) is 38.1 Å². The van der Waals surface area contributed by atoms with Crippen molar-refractivity contribution in [3.63, 3.8) is 0 Å². The zero-order chi connectivity index (χ0) is 18.5. The Morgan fingerprint density at radius 1 is 1.12 bits per heavy atom. The van der Waals surface area contributed by atoms with Gasteiger partial charge in [-0.05, 0) is 49.7 Å². The quantitative estimate of drug-likeness (QED) is 0.638. The highest BCUT2D eigenvalue weighted by molar-refractivity contribution is 5.94. The summed E-state index contributed by atoms with van der Waals surface area (Å²) in [6.07, 6.45) is 0.847. The molecule has 0 atom stereocenters. The molecule has 1 aromatic heterocycles. The van der Waals surface area contributed by atoms with E-state index < -0.39 is 0 Å². The molecule has 0 saturated heterocycles. The number of halogens is 1. The standard InChI is InChI=1S/C21H21FN2O2/c1-3-12-24(21(25)17-6-4-15(2)5-7-17)14-19-13-20(26-23-19)16-8-10-18(22)11-9-16/h4-11,13H,3,12,14H2,1-2H3. The summed E-state index contributed by atoms with van der Waals surface area (Å²) in [6, 6.07) is 15.4. The van der Waals surface area contributed by atoms with E-state index in [-0.39, 0.29) is 11.7 Å². The molecule has 3 aromatic rings. The van der Waals surface area contributed by atoms with Crippen molar-refractivity contribution in [2.75, 3.05) is 6.54 Å². The van der Waals surface area contributed by atoms with Gasteiger partial charge in [0.15, 0.2) is 5.76 Å². The fourth-order valence-corrected chi connectivity index (χ4v) is 2.73. The van der Waals surface area contributed by atoms with Gasteiger partial charge in [0.05, 0.1) is 6.54 Å². The van der Waals surface area contributed by atoms with Crippen LogP contribution in [0.25, 0.3) is 11.3 Å². The molecule has 0 saturated carbocycles. The Hall–Kier alpha value is -2.95. The fraction of sp³-hybridized carbons (Fsp3) is 0.238. The number of carbonyl (C=O) groups is 1. The van der Waals surface area contributed by atoms with Crippen molar-refractivity contribution in [1.82, 2.24) is 10.1 Å². The summed E-state index contributed by atoms with van der Waals surface area (Å²) in [4.78, 5) is 14.6. The predicted molar refractivity (Wildman–Crippen MR) is 98.1 cm³/mol. The van der Waals surface area contributed by atoms with Crippen molar-refractivity contribution < 1.29 is 13.7 Å². The molecule has 5 heteroatoms. The molecule has 4 nitrogen and oxygen atoms in total. The molecule has 0 spiro atoms. The summed E-state index contributed by atoms with van der Waals surface area (Å²) in [5.41, 5.74) is 3.19. The van der Waals surface area contributed by atoms with Crippen LogP contribution in [0.3, 0.4) is 0 Å². The van der Waals surface area contributed by atoms with Crippen LogP contribution in [0.1, 0.15) is 35.0 Å². The van der Waals surface area contributed by atoms with E-state index in [1.165, 1.54) is 12.1 Å². The Morgan fingerprint density at radius 2 is 1.81 bits per heavy atom. The van der Waals surface area contributed by atoms with Crippen molar-refractivity contribution >= 4 is 5.91 Å². The molecular weight excluding hydrogens is 331 g/mol. The molecule has 26 heavy (non-hydrogen) atoms. The van der Waals surface area contributed by atoms with Crippen LogP contribution in [-0.2, 0) is 6.54 Å². The third kappa shape index (κ3) is 4.17. The first-order valence-corrected chi connectivity index (χ1v) is 8.64. The van der Waals surface area contributed by atoms with Crippen molar-refractivity contribution in [2.24, 2.45) is 0 Å². The number of benzene rings is 2. The minimum atomic E-state index is -0.300. The lowest BCUT2D eigenvalue weighted by atomic mass is 10.1. The maximum Gasteiger partial charge on any atom is 0.254 e. The van der Waals surface area contributed by atoms with Crippen LogP contribution >= 0.6 is 0 Å². The van der Waals surface area contributed by atoms with Crippen molar-refractivity contribution in [2.45, 2.75) is 26.8 Å². The average molecular weight is 352 g/mol. The number of carbonyl (C=O) groups excluding carboxylic acids is 1. The topological polar surface area (TPSA) is 46.3 Å². The third-order valence-corrected chi connectivity index (χ3v) is 4.12. The average Bonchev–Trinajstić information content (AvgIpc) is 3.10. The van der Waals surface area contributed by atoms with Gasteiger partial charge >= 0.3 is 0 Å². The van der Waals surface area contributed by atoms with E-state index in [9.17, 15) is 9.18 Å². The van der Waals surface area contributed by atoms with E-state index >= 15 is 0 Å². The van der Waals surface area contributed by atoms with Gasteiger partial charge in [-0.2, -0.15) is 0 Å². The molecule has 0 aliphatic rings. The van der Waals surface area contributed by atoms with Crippen LogP contribution < -0.4 is 0 Å². The number of aryl methyl sites for hydroxylation is 1. The van der Waals surface area contributed by atoms with Gasteiger partial charge in [0, 0.05) is 23.7 Å². The van der Waals surface area contributed by atoms with Gasteiger partial charge in [0.25, 0.3) is 5.91 Å². The molecule has 3 rings (SSSR count). The molecule has 0 aliphatic heterocycles. The Morgan fingerprint density at radius 3 is 2.46 bits per heavy atom. The second-order valence-corrected chi connectivity index (χ2v) is 6.28. The van der Waals surface area contributed by atoms with Crippen molar-refractivity contribution in [3.8, 4) is 11.3 Å². The largest absolute Gasteiger partial charge is 0.356 e. The number of aromatic nitrogens is 1. The number of hydrogen-bond donors (Lipinski definition) is 0. The van der Waals surface area contributed by atoms with E-state index in [0.717, 1.165) is 17.5 Å². The number of nitrogens with zero attached hydrogens (tertiary/aromatic N) is 2. The second kappa shape index (κ2) is 7.95. The van der Waals surface area contributed by atoms with E-state index in [1.54, 1.807) is 23.1 Å². The molecule has 0 aliphatic carbocycles. The molecule has 0 unspecified atom stereocenters. The first kappa shape index (κ1) is 17.9. The highest BCUT2D eigenvalue weighted by Crippen LogP contribution is 2.21. The lowest BCUT2D eigenvalue weighted by Crippen LogP contribution is -2.31. The van der Waals surface area contributed by atoms with Crippen molar-refractivity contribution in [1.29, 1.82) is 0 Å². The van der Waals surface area contributed by atoms with Gasteiger partial charge in [-0.3, -0.25) is 4.79 Å². The zero-order valence-corrected chi connectivity index (χ0v) is 14.9. The summed E-state index contributed by atoms with van der Waals surface area (Å²) in [5, 5.41) is 4.06. The second-order valence-electron chi connectivity index (χ2n) is 6.28. The SMILES string of the molecule is CCCN(Cc1cc(-c2ccc(F)cc2)on1)C(=O)c1ccc(C)cc1. The smallest absolute Gasteiger partial charge is 0.254 e. The van der Waals surface area contributed by atoms with Crippen LogP contribution in [0.4, 0.5) is 4.39 Å². The molecule has 0 radical (unpaired) electrons. The van der Waals surface area contributed by atoms with Crippen LogP contribution in [-0.4, -0.2) is 22.5 Å². The number of hydrogen-bond acceptors (Lipinski definition) is 3. The van der Waals surface area contributed by atoms with E-state index in [4.69, 9.17) is 4.52 Å². The fourth-order valence-electron chi connectivity index (χ4n) is 2.73. The summed E-state index contributed by atoms with van der Waals surface area (Å²) < 4.78 is 18.4. The molecule has 0 bridgehead atoms. The predicted octanol–water partition coefficient (Wildman–Crippen LogP) is 4.84. The van der Waals surface area contributed by atoms with Crippen molar-refractivity contribution in [3.05, 3.63) is 77.2 Å². The minimum Gasteiger partial charge on any atom is -0.356 e. The Labute approximate surface area is 152 Å². The highest BCUT2D eigenvalue weighted by atomic mass is 19.1. The van der Waals surface area contributed by atoms with Gasteiger partial charge < -0.3 is 9.42 Å². The van der Waals surface area contributed by atoms with Crippen LogP contribution in [0, 0.1) is 12.7 Å². The summed E-state index contributed by atoms with van der Waals surface area (Å²) >= 11 is 0. The molecule has 1 heterocycles. The molecule has 1 amide bonds. The summed E-state index contributed by atoms with van der Waals surface area (Å²) in [6.45, 7) is 5.02. The number of amides is 1. The van der Waals surface area contributed by atoms with Gasteiger partial charge in [-0.25, -0.2) is 4.39 Å². The summed E-state index contributed by atoms with van der Waals surface area (Å²) in [5.74, 6) is 0.226. The highest BCUT2D eigenvalue weighted by Gasteiger charge is 2.17. The molecule has 0 fully saturated rings. The first-order valence-electron chi connectivity index (χ1n) is 8.64. The lowest BCUT2D eigenvalue weighted by Gasteiger charge is -2.21. The van der Waals surface area contributed by atoms with Crippen LogP contribution in [0.2, 0.25) is 0 Å². The van der Waals surface area contributed by atoms with Crippen LogP contribution in [0.5, 0.6) is 0 Å². The van der Waals surface area contributed by atoms with Gasteiger partial charge in [-0.1, -0.05) is 29.8 Å². The first-order chi connectivity index (χ1) is 12.6. The van der Waals surface area contributed by atoms with Crippen LogP contribution in [0.15, 0.2) is 59.1 Å². The summed E-state index contributed by atoms with van der Waals surface area (Å²) in [7, 11) is 0. The Balaban J connectivity index is 1.77. The monoisotopic (exact) mass is 352 g/mol.